The lowest BCUT2D eigenvalue weighted by Crippen LogP contribution is -2.60. The Labute approximate surface area is 288 Å². The van der Waals surface area contributed by atoms with Crippen LogP contribution in [0.1, 0.15) is 142 Å². The molecule has 0 aromatic carbocycles. The Balaban J connectivity index is 2.48. The lowest BCUT2D eigenvalue weighted by molar-refractivity contribution is -0.298. The van der Waals surface area contributed by atoms with Gasteiger partial charge in [0.25, 0.3) is 0 Å². The quantitative estimate of drug-likeness (QED) is 0.0396. The maximum Gasteiger partial charge on any atom is 0.335 e. The topological polar surface area (TPSA) is 169 Å². The van der Waals surface area contributed by atoms with Crippen LogP contribution in [0, 0.1) is 0 Å². The van der Waals surface area contributed by atoms with Gasteiger partial charge in [-0.3, -0.25) is 9.59 Å². The van der Waals surface area contributed by atoms with Crippen LogP contribution in [0.2, 0.25) is 0 Å². The number of hydrogen-bond donors (Lipinski definition) is 4. The first kappa shape index (κ1) is 43.7. The van der Waals surface area contributed by atoms with E-state index in [1.807, 2.05) is 0 Å². The van der Waals surface area contributed by atoms with E-state index in [4.69, 9.17) is 18.9 Å². The van der Waals surface area contributed by atoms with Gasteiger partial charge in [0.15, 0.2) is 18.5 Å². The van der Waals surface area contributed by atoms with E-state index in [0.717, 1.165) is 83.5 Å². The minimum atomic E-state index is -1.86. The highest BCUT2D eigenvalue weighted by atomic mass is 16.7. The second-order valence-electron chi connectivity index (χ2n) is 12.7. The number of aliphatic hydroxyl groups excluding tert-OH is 3. The van der Waals surface area contributed by atoms with E-state index in [-0.39, 0.29) is 19.4 Å². The summed E-state index contributed by atoms with van der Waals surface area (Å²) in [5, 5.41) is 39.5. The molecule has 1 saturated heterocycles. The first-order valence-corrected chi connectivity index (χ1v) is 18.4. The second-order valence-corrected chi connectivity index (χ2v) is 12.7. The summed E-state index contributed by atoms with van der Waals surface area (Å²) in [6, 6.07) is 0. The highest BCUT2D eigenvalue weighted by Gasteiger charge is 2.47. The van der Waals surface area contributed by atoms with Crippen LogP contribution in [0.3, 0.4) is 0 Å². The summed E-state index contributed by atoms with van der Waals surface area (Å²) in [5.41, 5.74) is 0. The molecular formula is C37H64O11. The van der Waals surface area contributed by atoms with Crippen LogP contribution in [0.4, 0.5) is 0 Å². The molecule has 0 aliphatic carbocycles. The van der Waals surface area contributed by atoms with Gasteiger partial charge >= 0.3 is 17.9 Å². The molecule has 1 heterocycles. The van der Waals surface area contributed by atoms with E-state index in [0.29, 0.717) is 12.8 Å². The predicted molar refractivity (Wildman–Crippen MR) is 183 cm³/mol. The summed E-state index contributed by atoms with van der Waals surface area (Å²) in [6.45, 7) is 3.67. The fraction of sp³-hybridized carbons (Fsp3) is 0.811. The van der Waals surface area contributed by atoms with E-state index in [1.165, 1.54) is 19.3 Å². The Hall–Kier alpha value is -2.31. The molecule has 0 bridgehead atoms. The molecule has 48 heavy (non-hydrogen) atoms. The van der Waals surface area contributed by atoms with Gasteiger partial charge in [0.2, 0.25) is 0 Å². The molecule has 1 aliphatic rings. The fourth-order valence-electron chi connectivity index (χ4n) is 5.28. The number of esters is 2. The van der Waals surface area contributed by atoms with Crippen LogP contribution in [-0.2, 0) is 33.3 Å². The van der Waals surface area contributed by atoms with Crippen molar-refractivity contribution in [3.8, 4) is 0 Å². The Morgan fingerprint density at radius 3 is 1.71 bits per heavy atom. The number of aliphatic hydroxyl groups is 3. The van der Waals surface area contributed by atoms with Crippen molar-refractivity contribution in [2.45, 2.75) is 179 Å². The number of carbonyl (C=O) groups excluding carboxylic acids is 2. The number of ether oxygens (including phenoxy) is 4. The molecule has 1 rings (SSSR count). The molecule has 11 heteroatoms. The number of carboxylic acids is 1. The van der Waals surface area contributed by atoms with E-state index >= 15 is 0 Å². The molecule has 0 radical (unpaired) electrons. The van der Waals surface area contributed by atoms with Crippen molar-refractivity contribution in [1.29, 1.82) is 0 Å². The molecule has 0 spiro atoms. The van der Waals surface area contributed by atoms with Crippen molar-refractivity contribution in [3.05, 3.63) is 24.3 Å². The number of aliphatic carboxylic acids is 1. The third-order valence-electron chi connectivity index (χ3n) is 8.25. The van der Waals surface area contributed by atoms with Crippen molar-refractivity contribution in [2.24, 2.45) is 0 Å². The first-order chi connectivity index (χ1) is 23.2. The number of carboxylic acid groups (broad SMARTS) is 1. The Morgan fingerprint density at radius 2 is 1.15 bits per heavy atom. The zero-order chi connectivity index (χ0) is 35.4. The number of hydrogen-bond acceptors (Lipinski definition) is 10. The van der Waals surface area contributed by atoms with Crippen molar-refractivity contribution in [2.75, 3.05) is 13.2 Å². The highest BCUT2D eigenvalue weighted by molar-refractivity contribution is 5.73. The number of allylic oxidation sites excluding steroid dienone is 4. The predicted octanol–water partition coefficient (Wildman–Crippen LogP) is 6.30. The van der Waals surface area contributed by atoms with Gasteiger partial charge in [0, 0.05) is 12.8 Å². The van der Waals surface area contributed by atoms with E-state index < -0.39 is 61.3 Å². The Morgan fingerprint density at radius 1 is 0.625 bits per heavy atom. The van der Waals surface area contributed by atoms with Gasteiger partial charge in [-0.15, -0.1) is 0 Å². The molecule has 6 atom stereocenters. The molecule has 1 aliphatic heterocycles. The maximum absolute atomic E-state index is 12.6. The van der Waals surface area contributed by atoms with E-state index in [1.54, 1.807) is 0 Å². The van der Waals surface area contributed by atoms with Gasteiger partial charge in [-0.1, -0.05) is 95.9 Å². The van der Waals surface area contributed by atoms with Crippen molar-refractivity contribution < 1.29 is 53.8 Å². The summed E-state index contributed by atoms with van der Waals surface area (Å²) in [7, 11) is 0. The van der Waals surface area contributed by atoms with Crippen molar-refractivity contribution in [1.82, 2.24) is 0 Å². The summed E-state index contributed by atoms with van der Waals surface area (Å²) in [4.78, 5) is 36.5. The molecule has 1 fully saturated rings. The van der Waals surface area contributed by atoms with Crippen LogP contribution >= 0.6 is 0 Å². The monoisotopic (exact) mass is 684 g/mol. The van der Waals surface area contributed by atoms with Crippen LogP contribution in [0.5, 0.6) is 0 Å². The number of rotatable bonds is 29. The summed E-state index contributed by atoms with van der Waals surface area (Å²) in [6.07, 6.45) is 18.3. The average molecular weight is 685 g/mol. The Kier molecular flexibility index (Phi) is 26.0. The molecule has 4 N–H and O–H groups in total. The van der Waals surface area contributed by atoms with Gasteiger partial charge in [-0.05, 0) is 57.8 Å². The van der Waals surface area contributed by atoms with E-state index in [2.05, 4.69) is 38.2 Å². The average Bonchev–Trinajstić information content (AvgIpc) is 3.06. The van der Waals surface area contributed by atoms with Gasteiger partial charge in [-0.2, -0.15) is 0 Å². The lowest BCUT2D eigenvalue weighted by Gasteiger charge is -2.38. The Bertz CT molecular complexity index is 906. The van der Waals surface area contributed by atoms with Crippen LogP contribution in [-0.4, -0.2) is 88.4 Å². The van der Waals surface area contributed by atoms with Gasteiger partial charge < -0.3 is 39.4 Å². The largest absolute Gasteiger partial charge is 0.479 e. The summed E-state index contributed by atoms with van der Waals surface area (Å²) in [5.74, 6) is -2.47. The third-order valence-corrected chi connectivity index (χ3v) is 8.25. The molecule has 0 saturated carbocycles. The minimum Gasteiger partial charge on any atom is -0.479 e. The molecule has 6 unspecified atom stereocenters. The highest BCUT2D eigenvalue weighted by Crippen LogP contribution is 2.23. The molecule has 278 valence electrons. The third kappa shape index (κ3) is 20.9. The normalized spacial score (nSPS) is 21.9. The molecular weight excluding hydrogens is 620 g/mol. The standard InChI is InChI=1S/C37H64O11/c1-3-5-7-9-11-13-15-16-18-19-21-23-25-30(38)45-27-29(28-46-37-34(42)32(40)33(41)35(48-37)36(43)44)47-31(39)26-24-22-20-17-14-12-10-8-6-4-2/h8,10-11,13,29,32-35,37,40-42H,3-7,9,12,14-28H2,1-2H3,(H,43,44)/b10-8-,13-11-. The zero-order valence-electron chi connectivity index (χ0n) is 29.5. The maximum atomic E-state index is 12.6. The van der Waals surface area contributed by atoms with Crippen molar-refractivity contribution >= 4 is 17.9 Å². The molecule has 0 amide bonds. The first-order valence-electron chi connectivity index (χ1n) is 18.4. The lowest BCUT2D eigenvalue weighted by atomic mass is 9.99. The minimum absolute atomic E-state index is 0.171. The summed E-state index contributed by atoms with van der Waals surface area (Å²) < 4.78 is 21.5. The van der Waals surface area contributed by atoms with Gasteiger partial charge in [0.1, 0.15) is 24.9 Å². The second kappa shape index (κ2) is 28.5. The van der Waals surface area contributed by atoms with Crippen LogP contribution in [0.15, 0.2) is 24.3 Å². The molecule has 0 aromatic heterocycles. The van der Waals surface area contributed by atoms with Crippen LogP contribution < -0.4 is 0 Å². The fourth-order valence-corrected chi connectivity index (χ4v) is 5.28. The molecule has 11 nitrogen and oxygen atoms in total. The van der Waals surface area contributed by atoms with Crippen molar-refractivity contribution in [3.63, 3.8) is 0 Å². The van der Waals surface area contributed by atoms with Gasteiger partial charge in [-0.25, -0.2) is 4.79 Å². The van der Waals surface area contributed by atoms with E-state index in [9.17, 15) is 34.8 Å². The van der Waals surface area contributed by atoms with Gasteiger partial charge in [0.05, 0.1) is 6.61 Å². The summed E-state index contributed by atoms with van der Waals surface area (Å²) >= 11 is 0. The number of unbranched alkanes of at least 4 members (excludes halogenated alkanes) is 14. The number of carbonyl (C=O) groups is 3. The smallest absolute Gasteiger partial charge is 0.335 e. The zero-order valence-corrected chi connectivity index (χ0v) is 29.5. The molecule has 0 aromatic rings. The SMILES string of the molecule is CCC/C=C\CCCCCCCC(=O)OC(COC(=O)CCCCCCC/C=C\CCCCC)COC1OC(C(=O)O)C(O)C(O)C1O. The van der Waals surface area contributed by atoms with Crippen LogP contribution in [0.25, 0.3) is 0 Å².